The topological polar surface area (TPSA) is 83.1 Å². The predicted octanol–water partition coefficient (Wildman–Crippen LogP) is 2.96. The lowest BCUT2D eigenvalue weighted by atomic mass is 10.2. The van der Waals surface area contributed by atoms with E-state index in [-0.39, 0.29) is 5.56 Å². The third kappa shape index (κ3) is 6.03. The SMILES string of the molecule is C1COCCN1.O=c1[nH]c(CCc2cccc(N3CCCC3)n2)nc2ccc(Cl)cc12. The second-order valence-corrected chi connectivity index (χ2v) is 8.15. The third-order valence-corrected chi connectivity index (χ3v) is 5.64. The summed E-state index contributed by atoms with van der Waals surface area (Å²) in [6, 6.07) is 11.3. The summed E-state index contributed by atoms with van der Waals surface area (Å²) in [7, 11) is 0. The Morgan fingerprint density at radius 1 is 1.03 bits per heavy atom. The molecule has 0 spiro atoms. The van der Waals surface area contributed by atoms with Crippen molar-refractivity contribution in [2.24, 2.45) is 0 Å². The Balaban J connectivity index is 0.000000334. The number of ether oxygens (including phenoxy) is 1. The van der Waals surface area contributed by atoms with Crippen LogP contribution in [0.25, 0.3) is 10.9 Å². The van der Waals surface area contributed by atoms with Crippen molar-refractivity contribution in [3.63, 3.8) is 0 Å². The van der Waals surface area contributed by atoms with Gasteiger partial charge in [0.1, 0.15) is 11.6 Å². The van der Waals surface area contributed by atoms with Gasteiger partial charge in [-0.25, -0.2) is 9.97 Å². The van der Waals surface area contributed by atoms with Gasteiger partial charge in [0.25, 0.3) is 5.56 Å². The number of morpholine rings is 1. The highest BCUT2D eigenvalue weighted by Crippen LogP contribution is 2.18. The standard InChI is InChI=1S/C19H19ClN4O.C4H9NO/c20-13-6-8-16-15(12-13)19(25)23-17(22-16)9-7-14-4-3-5-18(21-14)24-10-1-2-11-24;1-3-6-4-2-5-1/h3-6,8,12H,1-2,7,9-11H2,(H,22,23,25);5H,1-4H2. The molecule has 7 nitrogen and oxygen atoms in total. The summed E-state index contributed by atoms with van der Waals surface area (Å²) in [4.78, 5) is 26.7. The highest BCUT2D eigenvalue weighted by Gasteiger charge is 2.13. The van der Waals surface area contributed by atoms with Gasteiger partial charge < -0.3 is 19.9 Å². The molecule has 0 atom stereocenters. The van der Waals surface area contributed by atoms with Crippen molar-refractivity contribution in [2.45, 2.75) is 25.7 Å². The minimum Gasteiger partial charge on any atom is -0.379 e. The lowest BCUT2D eigenvalue weighted by Crippen LogP contribution is -2.30. The van der Waals surface area contributed by atoms with E-state index in [1.807, 2.05) is 6.07 Å². The van der Waals surface area contributed by atoms with E-state index in [4.69, 9.17) is 21.3 Å². The van der Waals surface area contributed by atoms with Crippen molar-refractivity contribution < 1.29 is 4.74 Å². The summed E-state index contributed by atoms with van der Waals surface area (Å²) >= 11 is 5.95. The van der Waals surface area contributed by atoms with E-state index >= 15 is 0 Å². The molecule has 31 heavy (non-hydrogen) atoms. The van der Waals surface area contributed by atoms with E-state index in [0.29, 0.717) is 28.2 Å². The lowest BCUT2D eigenvalue weighted by molar-refractivity contribution is 0.109. The maximum absolute atomic E-state index is 12.2. The first-order valence-electron chi connectivity index (χ1n) is 10.9. The maximum atomic E-state index is 12.2. The molecular formula is C23H28ClN5O2. The Bertz CT molecular complexity index is 1050. The number of fused-ring (bicyclic) bond motifs is 1. The van der Waals surface area contributed by atoms with Crippen LogP contribution in [0.3, 0.4) is 0 Å². The molecule has 2 aliphatic heterocycles. The van der Waals surface area contributed by atoms with Crippen LogP contribution in [0.15, 0.2) is 41.2 Å². The maximum Gasteiger partial charge on any atom is 0.258 e. The smallest absolute Gasteiger partial charge is 0.258 e. The number of hydrogen-bond donors (Lipinski definition) is 2. The third-order valence-electron chi connectivity index (χ3n) is 5.40. The molecule has 1 aromatic carbocycles. The molecule has 8 heteroatoms. The Kier molecular flexibility index (Phi) is 7.51. The number of nitrogens with one attached hydrogen (secondary N) is 2. The molecule has 0 bridgehead atoms. The van der Waals surface area contributed by atoms with E-state index in [1.54, 1.807) is 18.2 Å². The number of aromatic nitrogens is 3. The molecule has 5 rings (SSSR count). The summed E-state index contributed by atoms with van der Waals surface area (Å²) in [5, 5.41) is 4.22. The quantitative estimate of drug-likeness (QED) is 0.647. The zero-order valence-electron chi connectivity index (χ0n) is 17.6. The van der Waals surface area contributed by atoms with E-state index in [9.17, 15) is 4.79 Å². The molecule has 2 saturated heterocycles. The Morgan fingerprint density at radius 3 is 2.55 bits per heavy atom. The number of pyridine rings is 1. The minimum absolute atomic E-state index is 0.152. The zero-order chi connectivity index (χ0) is 21.5. The van der Waals surface area contributed by atoms with Crippen LogP contribution in [0.2, 0.25) is 5.02 Å². The van der Waals surface area contributed by atoms with E-state index < -0.39 is 0 Å². The van der Waals surface area contributed by atoms with Crippen LogP contribution >= 0.6 is 11.6 Å². The fourth-order valence-electron chi connectivity index (χ4n) is 3.77. The summed E-state index contributed by atoms with van der Waals surface area (Å²) in [6.45, 7) is 6.00. The average Bonchev–Trinajstić information content (AvgIpc) is 3.35. The van der Waals surface area contributed by atoms with Crippen LogP contribution in [-0.2, 0) is 17.6 Å². The first-order valence-corrected chi connectivity index (χ1v) is 11.2. The van der Waals surface area contributed by atoms with Crippen molar-refractivity contribution in [1.82, 2.24) is 20.3 Å². The average molecular weight is 442 g/mol. The van der Waals surface area contributed by atoms with Gasteiger partial charge in [-0.05, 0) is 49.6 Å². The van der Waals surface area contributed by atoms with Gasteiger partial charge in [-0.3, -0.25) is 4.79 Å². The van der Waals surface area contributed by atoms with E-state index in [0.717, 1.165) is 57.3 Å². The van der Waals surface area contributed by atoms with Crippen LogP contribution in [-0.4, -0.2) is 54.3 Å². The monoisotopic (exact) mass is 441 g/mol. The van der Waals surface area contributed by atoms with Gasteiger partial charge in [0.15, 0.2) is 0 Å². The fraction of sp³-hybridized carbons (Fsp3) is 0.435. The molecule has 0 unspecified atom stereocenters. The number of anilines is 1. The number of halogens is 1. The van der Waals surface area contributed by atoms with Crippen LogP contribution in [0.4, 0.5) is 5.82 Å². The van der Waals surface area contributed by atoms with Crippen LogP contribution in [0, 0.1) is 0 Å². The Morgan fingerprint density at radius 2 is 1.84 bits per heavy atom. The molecular weight excluding hydrogens is 414 g/mol. The minimum atomic E-state index is -0.152. The van der Waals surface area contributed by atoms with Crippen molar-refractivity contribution in [1.29, 1.82) is 0 Å². The summed E-state index contributed by atoms with van der Waals surface area (Å²) in [5.74, 6) is 1.72. The number of benzene rings is 1. The van der Waals surface area contributed by atoms with Crippen molar-refractivity contribution in [2.75, 3.05) is 44.3 Å². The van der Waals surface area contributed by atoms with Crippen LogP contribution in [0.5, 0.6) is 0 Å². The molecule has 0 radical (unpaired) electrons. The Hall–Kier alpha value is -2.48. The summed E-state index contributed by atoms with van der Waals surface area (Å²) < 4.78 is 5.01. The molecule has 0 saturated carbocycles. The normalized spacial score (nSPS) is 16.2. The Labute approximate surface area is 186 Å². The van der Waals surface area contributed by atoms with Crippen molar-refractivity contribution in [3.8, 4) is 0 Å². The van der Waals surface area contributed by atoms with E-state index in [1.165, 1.54) is 12.8 Å². The van der Waals surface area contributed by atoms with Gasteiger partial charge in [-0.15, -0.1) is 0 Å². The molecule has 0 amide bonds. The zero-order valence-corrected chi connectivity index (χ0v) is 18.3. The van der Waals surface area contributed by atoms with Crippen LogP contribution < -0.4 is 15.8 Å². The first-order chi connectivity index (χ1) is 15.2. The number of hydrogen-bond acceptors (Lipinski definition) is 6. The molecule has 4 heterocycles. The highest BCUT2D eigenvalue weighted by molar-refractivity contribution is 6.31. The fourth-order valence-corrected chi connectivity index (χ4v) is 3.94. The summed E-state index contributed by atoms with van der Waals surface area (Å²) in [5.41, 5.74) is 1.53. The molecule has 0 aliphatic carbocycles. The number of aromatic amines is 1. The van der Waals surface area contributed by atoms with Gasteiger partial charge in [-0.1, -0.05) is 17.7 Å². The lowest BCUT2D eigenvalue weighted by Gasteiger charge is -2.16. The van der Waals surface area contributed by atoms with Crippen molar-refractivity contribution >= 4 is 28.3 Å². The predicted molar refractivity (Wildman–Crippen MR) is 124 cm³/mol. The molecule has 2 aliphatic rings. The molecule has 3 aromatic rings. The number of nitrogens with zero attached hydrogens (tertiary/aromatic N) is 3. The second-order valence-electron chi connectivity index (χ2n) is 7.72. The summed E-state index contributed by atoms with van der Waals surface area (Å²) in [6.07, 6.45) is 3.85. The van der Waals surface area contributed by atoms with Gasteiger partial charge in [0, 0.05) is 43.3 Å². The number of H-pyrrole nitrogens is 1. The number of aryl methyl sites for hydroxylation is 2. The van der Waals surface area contributed by atoms with Gasteiger partial charge in [0.2, 0.25) is 0 Å². The largest absolute Gasteiger partial charge is 0.379 e. The van der Waals surface area contributed by atoms with E-state index in [2.05, 4.69) is 32.3 Å². The van der Waals surface area contributed by atoms with Crippen LogP contribution in [0.1, 0.15) is 24.4 Å². The van der Waals surface area contributed by atoms with Gasteiger partial charge in [-0.2, -0.15) is 0 Å². The molecule has 164 valence electrons. The van der Waals surface area contributed by atoms with Gasteiger partial charge >= 0.3 is 0 Å². The molecule has 2 fully saturated rings. The van der Waals surface area contributed by atoms with Gasteiger partial charge in [0.05, 0.1) is 24.1 Å². The number of rotatable bonds is 4. The first kappa shape index (κ1) is 21.7. The molecule has 2 N–H and O–H groups in total. The highest BCUT2D eigenvalue weighted by atomic mass is 35.5. The second kappa shape index (κ2) is 10.7. The molecule has 2 aromatic heterocycles. The van der Waals surface area contributed by atoms with Crippen molar-refractivity contribution in [3.05, 3.63) is 63.3 Å².